The lowest BCUT2D eigenvalue weighted by molar-refractivity contribution is 1.17. The van der Waals surface area contributed by atoms with Gasteiger partial charge in [0.2, 0.25) is 0 Å². The first-order valence-corrected chi connectivity index (χ1v) is 8.51. The normalized spacial score (nSPS) is 10.9. The summed E-state index contributed by atoms with van der Waals surface area (Å²) in [5.74, 6) is 0.683. The zero-order valence-corrected chi connectivity index (χ0v) is 15.9. The van der Waals surface area contributed by atoms with Crippen molar-refractivity contribution in [2.24, 2.45) is 0 Å². The van der Waals surface area contributed by atoms with Crippen molar-refractivity contribution in [3.8, 4) is 22.8 Å². The second kappa shape index (κ2) is 7.16. The molecule has 0 saturated heterocycles. The Kier molecular flexibility index (Phi) is 5.35. The smallest absolute Gasteiger partial charge is 0.162 e. The van der Waals surface area contributed by atoms with Crippen LogP contribution >= 0.6 is 69.6 Å². The maximum Gasteiger partial charge on any atom is 0.162 e. The lowest BCUT2D eigenvalue weighted by atomic mass is 10.1. The van der Waals surface area contributed by atoms with E-state index in [1.54, 1.807) is 24.3 Å². The van der Waals surface area contributed by atoms with Crippen LogP contribution in [0.1, 0.15) is 0 Å². The Morgan fingerprint density at radius 1 is 0.458 bits per heavy atom. The van der Waals surface area contributed by atoms with Gasteiger partial charge in [-0.1, -0.05) is 93.9 Å². The van der Waals surface area contributed by atoms with E-state index in [4.69, 9.17) is 69.6 Å². The standard InChI is InChI=1S/C14H4Cl6N4/c15-7-9(17)21-13(22-10(7)18)5-1-2-6(4-3-5)14-23-11(19)8(16)12(20)24-14/h1-4H. The third-order valence-corrected chi connectivity index (χ3v) is 5.14. The van der Waals surface area contributed by atoms with Gasteiger partial charge in [-0.05, 0) is 0 Å². The molecule has 0 amide bonds. The first-order valence-electron chi connectivity index (χ1n) is 6.24. The summed E-state index contributed by atoms with van der Waals surface area (Å²) in [7, 11) is 0. The van der Waals surface area contributed by atoms with E-state index in [9.17, 15) is 0 Å². The van der Waals surface area contributed by atoms with E-state index in [-0.39, 0.29) is 30.7 Å². The molecule has 0 radical (unpaired) electrons. The molecule has 3 rings (SSSR count). The Labute approximate surface area is 166 Å². The highest BCUT2D eigenvalue weighted by Gasteiger charge is 2.13. The highest BCUT2D eigenvalue weighted by molar-refractivity contribution is 6.47. The van der Waals surface area contributed by atoms with Gasteiger partial charge >= 0.3 is 0 Å². The second-order valence-corrected chi connectivity index (χ2v) is 6.65. The Morgan fingerprint density at radius 3 is 0.958 bits per heavy atom. The van der Waals surface area contributed by atoms with E-state index >= 15 is 0 Å². The Balaban J connectivity index is 2.00. The molecule has 0 aliphatic carbocycles. The molecular formula is C14H4Cl6N4. The van der Waals surface area contributed by atoms with Crippen LogP contribution in [0.5, 0.6) is 0 Å². The third-order valence-electron chi connectivity index (χ3n) is 2.94. The van der Waals surface area contributed by atoms with Crippen LogP contribution in [-0.4, -0.2) is 19.9 Å². The predicted octanol–water partition coefficient (Wildman–Crippen LogP) is 6.52. The summed E-state index contributed by atoms with van der Waals surface area (Å²) < 4.78 is 0. The van der Waals surface area contributed by atoms with Gasteiger partial charge in [0.1, 0.15) is 10.0 Å². The van der Waals surface area contributed by atoms with Gasteiger partial charge in [0.25, 0.3) is 0 Å². The minimum atomic E-state index is 0.0790. The van der Waals surface area contributed by atoms with Crippen LogP contribution in [-0.2, 0) is 0 Å². The monoisotopic (exact) mass is 438 g/mol. The average molecular weight is 441 g/mol. The number of rotatable bonds is 2. The lowest BCUT2D eigenvalue weighted by Crippen LogP contribution is -1.94. The molecule has 2 heterocycles. The summed E-state index contributed by atoms with van der Waals surface area (Å²) in [6.45, 7) is 0. The largest absolute Gasteiger partial charge is 0.215 e. The molecule has 2 aromatic heterocycles. The van der Waals surface area contributed by atoms with Crippen molar-refractivity contribution >= 4 is 69.6 Å². The molecule has 0 fully saturated rings. The van der Waals surface area contributed by atoms with Gasteiger partial charge in [-0.2, -0.15) is 0 Å². The summed E-state index contributed by atoms with van der Waals surface area (Å²) >= 11 is 35.4. The minimum absolute atomic E-state index is 0.0790. The van der Waals surface area contributed by atoms with E-state index in [2.05, 4.69) is 19.9 Å². The topological polar surface area (TPSA) is 51.6 Å². The summed E-state index contributed by atoms with van der Waals surface area (Å²) in [6, 6.07) is 7.02. The van der Waals surface area contributed by atoms with Crippen LogP contribution in [0.15, 0.2) is 24.3 Å². The first kappa shape index (κ1) is 17.9. The van der Waals surface area contributed by atoms with Gasteiger partial charge in [-0.15, -0.1) is 0 Å². The Morgan fingerprint density at radius 2 is 0.708 bits per heavy atom. The molecule has 1 aromatic carbocycles. The number of hydrogen-bond donors (Lipinski definition) is 0. The summed E-state index contributed by atoms with van der Waals surface area (Å²) in [5.41, 5.74) is 1.37. The van der Waals surface area contributed by atoms with Crippen LogP contribution in [0.2, 0.25) is 30.7 Å². The predicted molar refractivity (Wildman–Crippen MR) is 98.6 cm³/mol. The van der Waals surface area contributed by atoms with Crippen molar-refractivity contribution in [2.75, 3.05) is 0 Å². The summed E-state index contributed by atoms with van der Waals surface area (Å²) in [5, 5.41) is 0.534. The quantitative estimate of drug-likeness (QED) is 0.425. The highest BCUT2D eigenvalue weighted by atomic mass is 35.5. The van der Waals surface area contributed by atoms with Gasteiger partial charge in [0.15, 0.2) is 32.3 Å². The van der Waals surface area contributed by atoms with Crippen molar-refractivity contribution in [1.29, 1.82) is 0 Å². The second-order valence-electron chi connectivity index (χ2n) is 4.46. The summed E-state index contributed by atoms with van der Waals surface area (Å²) in [4.78, 5) is 16.4. The molecule has 0 aliphatic heterocycles. The third kappa shape index (κ3) is 3.54. The molecule has 0 unspecified atom stereocenters. The fourth-order valence-corrected chi connectivity index (χ4v) is 2.76. The maximum atomic E-state index is 5.92. The molecule has 0 atom stereocenters. The van der Waals surface area contributed by atoms with Crippen LogP contribution < -0.4 is 0 Å². The molecule has 0 saturated carbocycles. The van der Waals surface area contributed by atoms with E-state index in [0.717, 1.165) is 0 Å². The molecule has 10 heteroatoms. The molecule has 0 bridgehead atoms. The van der Waals surface area contributed by atoms with Crippen LogP contribution in [0.25, 0.3) is 22.8 Å². The SMILES string of the molecule is Clc1nc(-c2ccc(-c3nc(Cl)c(Cl)c(Cl)n3)cc2)nc(Cl)c1Cl. The minimum Gasteiger partial charge on any atom is -0.215 e. The number of nitrogens with zero attached hydrogens (tertiary/aromatic N) is 4. The first-order chi connectivity index (χ1) is 11.4. The number of benzene rings is 1. The average Bonchev–Trinajstić information content (AvgIpc) is 2.57. The molecule has 122 valence electrons. The number of hydrogen-bond acceptors (Lipinski definition) is 4. The zero-order valence-electron chi connectivity index (χ0n) is 11.4. The molecule has 3 aromatic rings. The van der Waals surface area contributed by atoms with E-state index < -0.39 is 0 Å². The van der Waals surface area contributed by atoms with E-state index in [1.807, 2.05) is 0 Å². The summed E-state index contributed by atoms with van der Waals surface area (Å²) in [6.07, 6.45) is 0. The van der Waals surface area contributed by atoms with Crippen molar-refractivity contribution < 1.29 is 0 Å². The van der Waals surface area contributed by atoms with Gasteiger partial charge in [0, 0.05) is 11.1 Å². The Hall–Kier alpha value is -0.880. The van der Waals surface area contributed by atoms with Gasteiger partial charge in [-0.3, -0.25) is 0 Å². The fraction of sp³-hybridized carbons (Fsp3) is 0. The molecule has 24 heavy (non-hydrogen) atoms. The molecule has 4 nitrogen and oxygen atoms in total. The van der Waals surface area contributed by atoms with Crippen molar-refractivity contribution in [1.82, 2.24) is 19.9 Å². The number of aromatic nitrogens is 4. The van der Waals surface area contributed by atoms with E-state index in [1.165, 1.54) is 0 Å². The molecule has 0 spiro atoms. The van der Waals surface area contributed by atoms with E-state index in [0.29, 0.717) is 22.8 Å². The number of halogens is 6. The van der Waals surface area contributed by atoms with Crippen molar-refractivity contribution in [3.63, 3.8) is 0 Å². The van der Waals surface area contributed by atoms with Crippen molar-refractivity contribution in [3.05, 3.63) is 54.9 Å². The van der Waals surface area contributed by atoms with Crippen LogP contribution in [0.4, 0.5) is 0 Å². The Bertz CT molecular complexity index is 807. The zero-order chi connectivity index (χ0) is 17.4. The molecule has 0 aliphatic rings. The molecule has 0 N–H and O–H groups in total. The van der Waals surface area contributed by atoms with Gasteiger partial charge in [-0.25, -0.2) is 19.9 Å². The highest BCUT2D eigenvalue weighted by Crippen LogP contribution is 2.32. The lowest BCUT2D eigenvalue weighted by Gasteiger charge is -2.06. The van der Waals surface area contributed by atoms with Crippen LogP contribution in [0.3, 0.4) is 0 Å². The maximum absolute atomic E-state index is 5.92. The molecular weight excluding hydrogens is 437 g/mol. The van der Waals surface area contributed by atoms with Gasteiger partial charge in [0.05, 0.1) is 0 Å². The fourth-order valence-electron chi connectivity index (χ4n) is 1.82. The van der Waals surface area contributed by atoms with Gasteiger partial charge < -0.3 is 0 Å². The van der Waals surface area contributed by atoms with Crippen molar-refractivity contribution in [2.45, 2.75) is 0 Å². The van der Waals surface area contributed by atoms with Crippen LogP contribution in [0, 0.1) is 0 Å².